The molecular weight excluding hydrogens is 305 g/mol. The first-order valence-electron chi connectivity index (χ1n) is 5.79. The summed E-state index contributed by atoms with van der Waals surface area (Å²) in [6, 6.07) is 3.40. The van der Waals surface area contributed by atoms with Gasteiger partial charge in [-0.2, -0.15) is 22.8 Å². The molecule has 0 amide bonds. The summed E-state index contributed by atoms with van der Waals surface area (Å²) >= 11 is 0.759. The molecule has 0 bridgehead atoms. The third-order valence-electron chi connectivity index (χ3n) is 2.94. The molecule has 21 heavy (non-hydrogen) atoms. The fraction of sp³-hybridized carbons (Fsp3) is 0.273. The molecule has 3 aromatic heterocycles. The summed E-state index contributed by atoms with van der Waals surface area (Å²) in [5, 5.41) is 11.4. The number of nitrogens with two attached hydrogens (primary N) is 1. The molecule has 3 rings (SSSR count). The van der Waals surface area contributed by atoms with Crippen LogP contribution in [0.15, 0.2) is 24.5 Å². The van der Waals surface area contributed by atoms with Crippen LogP contribution >= 0.6 is 11.3 Å². The summed E-state index contributed by atoms with van der Waals surface area (Å²) in [5.74, 6) is 0.318. The second-order valence-corrected chi connectivity index (χ2v) is 5.52. The van der Waals surface area contributed by atoms with Crippen LogP contribution < -0.4 is 5.73 Å². The van der Waals surface area contributed by atoms with Gasteiger partial charge in [0.25, 0.3) is 0 Å². The Morgan fingerprint density at radius 3 is 2.67 bits per heavy atom. The van der Waals surface area contributed by atoms with Crippen LogP contribution in [-0.4, -0.2) is 31.0 Å². The summed E-state index contributed by atoms with van der Waals surface area (Å²) < 4.78 is 40.1. The number of nitrogens with zero attached hydrogens (tertiary/aromatic N) is 5. The quantitative estimate of drug-likeness (QED) is 0.782. The molecule has 3 heterocycles. The van der Waals surface area contributed by atoms with Gasteiger partial charge in [-0.3, -0.25) is 4.98 Å². The van der Waals surface area contributed by atoms with Gasteiger partial charge >= 0.3 is 6.18 Å². The smallest absolute Gasteiger partial charge is 0.312 e. The van der Waals surface area contributed by atoms with E-state index in [1.807, 2.05) is 0 Å². The molecule has 3 aromatic rings. The van der Waals surface area contributed by atoms with E-state index in [0.29, 0.717) is 11.4 Å². The van der Waals surface area contributed by atoms with E-state index in [1.165, 1.54) is 10.7 Å². The number of hydrogen-bond donors (Lipinski definition) is 1. The Labute approximate surface area is 120 Å². The lowest BCUT2D eigenvalue weighted by Gasteiger charge is -2.24. The maximum atomic E-state index is 13.0. The van der Waals surface area contributed by atoms with Gasteiger partial charge in [0.05, 0.1) is 0 Å². The summed E-state index contributed by atoms with van der Waals surface area (Å²) in [4.78, 5) is 4.17. The predicted octanol–water partition coefficient (Wildman–Crippen LogP) is 1.98. The van der Waals surface area contributed by atoms with Crippen molar-refractivity contribution in [2.24, 2.45) is 5.73 Å². The van der Waals surface area contributed by atoms with Crippen LogP contribution in [-0.2, 0) is 5.54 Å². The fourth-order valence-corrected chi connectivity index (χ4v) is 2.54. The molecule has 6 nitrogen and oxygen atoms in total. The van der Waals surface area contributed by atoms with E-state index in [9.17, 15) is 13.2 Å². The number of hydrogen-bond acceptors (Lipinski definition) is 6. The minimum atomic E-state index is -4.61. The third kappa shape index (κ3) is 2.16. The standard InChI is InChI=1S/C11H9F3N6S/c1-10(15,11(12,13)14)8-19-20-7(17-18-9(20)21-8)6-3-2-4-16-5-6/h2-5H,15H2,1H3. The molecule has 110 valence electrons. The van der Waals surface area contributed by atoms with Gasteiger partial charge in [-0.25, -0.2) is 0 Å². The molecule has 2 N–H and O–H groups in total. The summed E-state index contributed by atoms with van der Waals surface area (Å²) in [6.07, 6.45) is -1.50. The molecular formula is C11H9F3N6S. The zero-order chi connectivity index (χ0) is 15.3. The summed E-state index contributed by atoms with van der Waals surface area (Å²) in [7, 11) is 0. The van der Waals surface area contributed by atoms with E-state index in [4.69, 9.17) is 5.73 Å². The molecule has 0 spiro atoms. The zero-order valence-electron chi connectivity index (χ0n) is 10.7. The van der Waals surface area contributed by atoms with Crippen LogP contribution in [0.1, 0.15) is 11.9 Å². The van der Waals surface area contributed by atoms with E-state index in [0.717, 1.165) is 18.3 Å². The number of alkyl halides is 3. The lowest BCUT2D eigenvalue weighted by Crippen LogP contribution is -2.47. The van der Waals surface area contributed by atoms with Crippen LogP contribution in [0.3, 0.4) is 0 Å². The Morgan fingerprint density at radius 1 is 1.29 bits per heavy atom. The molecule has 1 unspecified atom stereocenters. The van der Waals surface area contributed by atoms with Crippen molar-refractivity contribution in [3.63, 3.8) is 0 Å². The van der Waals surface area contributed by atoms with Gasteiger partial charge in [0.2, 0.25) is 4.96 Å². The highest BCUT2D eigenvalue weighted by Gasteiger charge is 2.52. The molecule has 1 atom stereocenters. The SMILES string of the molecule is CC(N)(c1nn2c(-c3cccnc3)nnc2s1)C(F)(F)F. The van der Waals surface area contributed by atoms with Crippen LogP contribution in [0, 0.1) is 0 Å². The maximum Gasteiger partial charge on any atom is 0.412 e. The minimum Gasteiger partial charge on any atom is -0.312 e. The van der Waals surface area contributed by atoms with E-state index in [-0.39, 0.29) is 9.97 Å². The fourth-order valence-electron chi connectivity index (χ4n) is 1.62. The lowest BCUT2D eigenvalue weighted by molar-refractivity contribution is -0.184. The van der Waals surface area contributed by atoms with Gasteiger partial charge < -0.3 is 5.73 Å². The van der Waals surface area contributed by atoms with Crippen LogP contribution in [0.25, 0.3) is 16.3 Å². The van der Waals surface area contributed by atoms with Crippen LogP contribution in [0.5, 0.6) is 0 Å². The Bertz CT molecular complexity index is 776. The number of halogens is 3. The zero-order valence-corrected chi connectivity index (χ0v) is 11.5. The van der Waals surface area contributed by atoms with Crippen molar-refractivity contribution >= 4 is 16.3 Å². The first-order valence-corrected chi connectivity index (χ1v) is 6.61. The molecule has 0 aliphatic carbocycles. The van der Waals surface area contributed by atoms with Crippen molar-refractivity contribution in [1.29, 1.82) is 0 Å². The van der Waals surface area contributed by atoms with E-state index >= 15 is 0 Å². The average Bonchev–Trinajstić information content (AvgIpc) is 2.98. The molecule has 0 saturated carbocycles. The van der Waals surface area contributed by atoms with Crippen molar-refractivity contribution in [3.8, 4) is 11.4 Å². The monoisotopic (exact) mass is 314 g/mol. The van der Waals surface area contributed by atoms with Crippen molar-refractivity contribution < 1.29 is 13.2 Å². The van der Waals surface area contributed by atoms with Crippen molar-refractivity contribution in [2.45, 2.75) is 18.6 Å². The Hall–Kier alpha value is -2.07. The average molecular weight is 314 g/mol. The van der Waals surface area contributed by atoms with E-state index in [2.05, 4.69) is 20.3 Å². The first kappa shape index (κ1) is 13.9. The Morgan fingerprint density at radius 2 is 2.05 bits per heavy atom. The normalized spacial score (nSPS) is 15.3. The minimum absolute atomic E-state index is 0.241. The molecule has 0 saturated heterocycles. The van der Waals surface area contributed by atoms with Crippen LogP contribution in [0.2, 0.25) is 0 Å². The largest absolute Gasteiger partial charge is 0.412 e. The summed E-state index contributed by atoms with van der Waals surface area (Å²) in [6.45, 7) is 0.877. The molecule has 0 fully saturated rings. The number of aromatic nitrogens is 5. The van der Waals surface area contributed by atoms with Crippen LogP contribution in [0.4, 0.5) is 13.2 Å². The first-order chi connectivity index (χ1) is 9.80. The summed E-state index contributed by atoms with van der Waals surface area (Å²) in [5.41, 5.74) is 3.44. The van der Waals surface area contributed by atoms with Gasteiger partial charge in [0.15, 0.2) is 11.4 Å². The molecule has 0 aliphatic heterocycles. The predicted molar refractivity (Wildman–Crippen MR) is 69.5 cm³/mol. The number of rotatable bonds is 2. The lowest BCUT2D eigenvalue weighted by atomic mass is 10.1. The van der Waals surface area contributed by atoms with Gasteiger partial charge in [-0.15, -0.1) is 10.2 Å². The maximum absolute atomic E-state index is 13.0. The van der Waals surface area contributed by atoms with E-state index < -0.39 is 11.7 Å². The van der Waals surface area contributed by atoms with Crippen molar-refractivity contribution in [3.05, 3.63) is 29.5 Å². The second-order valence-electron chi connectivity index (χ2n) is 4.57. The van der Waals surface area contributed by atoms with Gasteiger partial charge in [-0.05, 0) is 19.1 Å². The van der Waals surface area contributed by atoms with Crippen molar-refractivity contribution in [2.75, 3.05) is 0 Å². The van der Waals surface area contributed by atoms with Gasteiger partial charge in [0.1, 0.15) is 5.01 Å². The molecule has 0 aromatic carbocycles. The molecule has 0 radical (unpaired) electrons. The van der Waals surface area contributed by atoms with Crippen molar-refractivity contribution in [1.82, 2.24) is 24.8 Å². The van der Waals surface area contributed by atoms with E-state index in [1.54, 1.807) is 18.3 Å². The highest BCUT2D eigenvalue weighted by molar-refractivity contribution is 7.16. The third-order valence-corrected chi connectivity index (χ3v) is 4.08. The highest BCUT2D eigenvalue weighted by atomic mass is 32.1. The molecule has 0 aliphatic rings. The van der Waals surface area contributed by atoms with Gasteiger partial charge in [0, 0.05) is 18.0 Å². The Kier molecular flexibility index (Phi) is 2.95. The van der Waals surface area contributed by atoms with Gasteiger partial charge in [-0.1, -0.05) is 11.3 Å². The highest BCUT2D eigenvalue weighted by Crippen LogP contribution is 2.38. The number of fused-ring (bicyclic) bond motifs is 1. The molecule has 10 heteroatoms. The second kappa shape index (κ2) is 4.46. The number of pyridine rings is 1. The Balaban J connectivity index is 2.13. The topological polar surface area (TPSA) is 82.0 Å².